The van der Waals surface area contributed by atoms with Crippen LogP contribution in [0.2, 0.25) is 0 Å². The predicted molar refractivity (Wildman–Crippen MR) is 67.4 cm³/mol. The van der Waals surface area contributed by atoms with Crippen LogP contribution in [0.15, 0.2) is 18.2 Å². The Bertz CT molecular complexity index is 529. The molecule has 102 valence electrons. The van der Waals surface area contributed by atoms with Gasteiger partial charge in [-0.15, -0.1) is 0 Å². The van der Waals surface area contributed by atoms with Crippen LogP contribution in [0.5, 0.6) is 0 Å². The average molecular weight is 267 g/mol. The summed E-state index contributed by atoms with van der Waals surface area (Å²) in [5.41, 5.74) is -0.0356. The van der Waals surface area contributed by atoms with E-state index in [-0.39, 0.29) is 23.5 Å². The van der Waals surface area contributed by atoms with Crippen molar-refractivity contribution >= 4 is 23.3 Å². The van der Waals surface area contributed by atoms with Crippen LogP contribution < -0.4 is 10.2 Å². The summed E-state index contributed by atoms with van der Waals surface area (Å²) in [5.74, 6) is -1.55. The fourth-order valence-electron chi connectivity index (χ4n) is 1.57. The van der Waals surface area contributed by atoms with E-state index < -0.39 is 16.8 Å². The first-order valence-electron chi connectivity index (χ1n) is 5.30. The summed E-state index contributed by atoms with van der Waals surface area (Å²) in [7, 11) is 2.84. The van der Waals surface area contributed by atoms with Crippen LogP contribution in [0.25, 0.3) is 0 Å². The molecular formula is C11H13N3O5. The van der Waals surface area contributed by atoms with Gasteiger partial charge in [-0.2, -0.15) is 0 Å². The molecule has 0 saturated heterocycles. The fraction of sp³-hybridized carbons (Fsp3) is 0.273. The molecule has 0 saturated carbocycles. The number of carbonyl (C=O) groups excluding carboxylic acids is 1. The zero-order valence-electron chi connectivity index (χ0n) is 10.4. The number of hydrogen-bond donors (Lipinski definition) is 2. The van der Waals surface area contributed by atoms with E-state index >= 15 is 0 Å². The summed E-state index contributed by atoms with van der Waals surface area (Å²) in [4.78, 5) is 33.6. The quantitative estimate of drug-likeness (QED) is 0.592. The van der Waals surface area contributed by atoms with Gasteiger partial charge in [0.1, 0.15) is 12.2 Å². The van der Waals surface area contributed by atoms with Crippen molar-refractivity contribution in [1.29, 1.82) is 0 Å². The van der Waals surface area contributed by atoms with E-state index in [0.29, 0.717) is 0 Å². The number of nitro benzene ring substituents is 1. The minimum absolute atomic E-state index is 0.139. The third-order valence-corrected chi connectivity index (χ3v) is 2.45. The molecule has 1 aromatic carbocycles. The first-order chi connectivity index (χ1) is 8.86. The van der Waals surface area contributed by atoms with Crippen LogP contribution in [0.4, 0.5) is 11.4 Å². The molecule has 0 atom stereocenters. The summed E-state index contributed by atoms with van der Waals surface area (Å²) >= 11 is 0. The van der Waals surface area contributed by atoms with Gasteiger partial charge in [0.25, 0.3) is 11.6 Å². The number of nitrogens with zero attached hydrogens (tertiary/aromatic N) is 2. The zero-order chi connectivity index (χ0) is 14.6. The minimum atomic E-state index is -1.10. The van der Waals surface area contributed by atoms with Crippen molar-refractivity contribution in [2.75, 3.05) is 25.5 Å². The smallest absolute Gasteiger partial charge is 0.323 e. The Morgan fingerprint density at radius 3 is 2.58 bits per heavy atom. The van der Waals surface area contributed by atoms with E-state index in [0.717, 1.165) is 6.07 Å². The Hall–Kier alpha value is -2.64. The van der Waals surface area contributed by atoms with Gasteiger partial charge in [-0.3, -0.25) is 19.7 Å². The number of nitro groups is 1. The van der Waals surface area contributed by atoms with E-state index in [1.54, 1.807) is 0 Å². The van der Waals surface area contributed by atoms with Crippen molar-refractivity contribution in [3.8, 4) is 0 Å². The number of rotatable bonds is 5. The third-order valence-electron chi connectivity index (χ3n) is 2.45. The number of amides is 1. The molecule has 8 nitrogen and oxygen atoms in total. The highest BCUT2D eigenvalue weighted by atomic mass is 16.6. The molecule has 0 heterocycles. The van der Waals surface area contributed by atoms with Crippen LogP contribution in [-0.2, 0) is 4.79 Å². The predicted octanol–water partition coefficient (Wildman–Crippen LogP) is 0.475. The molecule has 0 aliphatic heterocycles. The van der Waals surface area contributed by atoms with Gasteiger partial charge >= 0.3 is 5.97 Å². The zero-order valence-corrected chi connectivity index (χ0v) is 10.4. The summed E-state index contributed by atoms with van der Waals surface area (Å²) in [6.07, 6.45) is 0. The molecule has 0 radical (unpaired) electrons. The number of hydrogen-bond acceptors (Lipinski definition) is 5. The van der Waals surface area contributed by atoms with Gasteiger partial charge in [0.2, 0.25) is 0 Å². The topological polar surface area (TPSA) is 113 Å². The van der Waals surface area contributed by atoms with Gasteiger partial charge in [-0.25, -0.2) is 0 Å². The molecule has 1 rings (SSSR count). The molecule has 0 unspecified atom stereocenters. The largest absolute Gasteiger partial charge is 0.480 e. The summed E-state index contributed by atoms with van der Waals surface area (Å²) in [6.45, 7) is -0.375. The second kappa shape index (κ2) is 5.80. The third kappa shape index (κ3) is 3.41. The van der Waals surface area contributed by atoms with Gasteiger partial charge in [-0.1, -0.05) is 0 Å². The molecule has 0 spiro atoms. The van der Waals surface area contributed by atoms with Gasteiger partial charge in [0.15, 0.2) is 0 Å². The highest BCUT2D eigenvalue weighted by Gasteiger charge is 2.20. The molecule has 8 heteroatoms. The molecule has 2 N–H and O–H groups in total. The second-order valence-electron chi connectivity index (χ2n) is 3.79. The Morgan fingerprint density at radius 2 is 2.11 bits per heavy atom. The molecule has 1 amide bonds. The van der Waals surface area contributed by atoms with Crippen LogP contribution >= 0.6 is 0 Å². The number of nitrogens with one attached hydrogen (secondary N) is 1. The lowest BCUT2D eigenvalue weighted by molar-refractivity contribution is -0.384. The molecule has 0 aliphatic carbocycles. The minimum Gasteiger partial charge on any atom is -0.480 e. The number of aliphatic carboxylic acids is 1. The maximum absolute atomic E-state index is 11.4. The van der Waals surface area contributed by atoms with Crippen molar-refractivity contribution in [3.63, 3.8) is 0 Å². The molecular weight excluding hydrogens is 254 g/mol. The molecule has 0 aliphatic rings. The maximum atomic E-state index is 11.4. The Balaban J connectivity index is 3.22. The normalized spacial score (nSPS) is 9.79. The molecule has 19 heavy (non-hydrogen) atoms. The highest BCUT2D eigenvalue weighted by Crippen LogP contribution is 2.28. The van der Waals surface area contributed by atoms with Crippen LogP contribution in [-0.4, -0.2) is 42.5 Å². The SMILES string of the molecule is CNC(=O)c1ccc(N(C)CC(=O)O)c([N+](=O)[O-])c1. The van der Waals surface area contributed by atoms with E-state index in [1.165, 1.54) is 31.1 Å². The number of carboxylic acid groups (broad SMARTS) is 1. The van der Waals surface area contributed by atoms with E-state index in [9.17, 15) is 19.7 Å². The van der Waals surface area contributed by atoms with Crippen molar-refractivity contribution in [2.45, 2.75) is 0 Å². The van der Waals surface area contributed by atoms with E-state index in [4.69, 9.17) is 5.11 Å². The Kier molecular flexibility index (Phi) is 4.41. The fourth-order valence-corrected chi connectivity index (χ4v) is 1.57. The molecule has 0 fully saturated rings. The average Bonchev–Trinajstić information content (AvgIpc) is 2.36. The van der Waals surface area contributed by atoms with Crippen molar-refractivity contribution < 1.29 is 19.6 Å². The summed E-state index contributed by atoms with van der Waals surface area (Å²) in [6, 6.07) is 3.87. The van der Waals surface area contributed by atoms with Gasteiger partial charge in [-0.05, 0) is 12.1 Å². The lowest BCUT2D eigenvalue weighted by Crippen LogP contribution is -2.26. The van der Waals surface area contributed by atoms with Crippen molar-refractivity contribution in [2.24, 2.45) is 0 Å². The monoisotopic (exact) mass is 267 g/mol. The van der Waals surface area contributed by atoms with E-state index in [2.05, 4.69) is 5.32 Å². The second-order valence-corrected chi connectivity index (χ2v) is 3.79. The van der Waals surface area contributed by atoms with Crippen molar-refractivity contribution in [3.05, 3.63) is 33.9 Å². The maximum Gasteiger partial charge on any atom is 0.323 e. The number of carbonyl (C=O) groups is 2. The highest BCUT2D eigenvalue weighted by molar-refractivity contribution is 5.95. The van der Waals surface area contributed by atoms with Crippen LogP contribution in [0.1, 0.15) is 10.4 Å². The number of likely N-dealkylation sites (N-methyl/N-ethyl adjacent to an activating group) is 1. The molecule has 1 aromatic rings. The van der Waals surface area contributed by atoms with Crippen LogP contribution in [0, 0.1) is 10.1 Å². The lowest BCUT2D eigenvalue weighted by atomic mass is 10.1. The van der Waals surface area contributed by atoms with Gasteiger partial charge in [0.05, 0.1) is 4.92 Å². The number of benzene rings is 1. The van der Waals surface area contributed by atoms with Crippen LogP contribution in [0.3, 0.4) is 0 Å². The standard InChI is InChI=1S/C11H13N3O5/c1-12-11(17)7-3-4-8(9(5-7)14(18)19)13(2)6-10(15)16/h3-5H,6H2,1-2H3,(H,12,17)(H,15,16). The van der Waals surface area contributed by atoms with E-state index in [1.807, 2.05) is 0 Å². The Labute approximate surface area is 108 Å². The van der Waals surface area contributed by atoms with Gasteiger partial charge in [0, 0.05) is 25.7 Å². The molecule has 0 bridgehead atoms. The number of carboxylic acids is 1. The summed E-state index contributed by atoms with van der Waals surface area (Å²) < 4.78 is 0. The lowest BCUT2D eigenvalue weighted by Gasteiger charge is -2.16. The molecule has 0 aromatic heterocycles. The number of anilines is 1. The van der Waals surface area contributed by atoms with Gasteiger partial charge < -0.3 is 15.3 Å². The first kappa shape index (κ1) is 14.4. The first-order valence-corrected chi connectivity index (χ1v) is 5.30. The summed E-state index contributed by atoms with van der Waals surface area (Å²) in [5, 5.41) is 22.0. The van der Waals surface area contributed by atoms with Crippen molar-refractivity contribution in [1.82, 2.24) is 5.32 Å². The Morgan fingerprint density at radius 1 is 1.47 bits per heavy atom.